The molecule has 0 bridgehead atoms. The Morgan fingerprint density at radius 2 is 1.85 bits per heavy atom. The number of benzene rings is 2. The van der Waals surface area contributed by atoms with Crippen molar-refractivity contribution >= 4 is 18.0 Å². The van der Waals surface area contributed by atoms with E-state index in [9.17, 15) is 9.59 Å². The molecule has 134 valence electrons. The maximum Gasteiger partial charge on any atom is 0.329 e. The van der Waals surface area contributed by atoms with Gasteiger partial charge in [-0.2, -0.15) is 5.10 Å². The monoisotopic (exact) mass is 351 g/mol. The van der Waals surface area contributed by atoms with Gasteiger partial charge >= 0.3 is 11.8 Å². The van der Waals surface area contributed by atoms with Gasteiger partial charge in [0, 0.05) is 13.1 Å². The van der Waals surface area contributed by atoms with Crippen molar-refractivity contribution in [1.82, 2.24) is 10.3 Å². The molecule has 0 aliphatic carbocycles. The van der Waals surface area contributed by atoms with Gasteiger partial charge in [0.1, 0.15) is 12.4 Å². The summed E-state index contributed by atoms with van der Waals surface area (Å²) in [6.07, 6.45) is 3.38. The van der Waals surface area contributed by atoms with Gasteiger partial charge in [0.2, 0.25) is 0 Å². The van der Waals surface area contributed by atoms with Crippen LogP contribution in [0.15, 0.2) is 59.7 Å². The third kappa shape index (κ3) is 4.92. The molecule has 2 aromatic rings. The number of nitrogens with one attached hydrogen (secondary N) is 1. The molecule has 0 radical (unpaired) electrons. The minimum absolute atomic E-state index is 0.475. The van der Waals surface area contributed by atoms with E-state index in [1.807, 2.05) is 54.6 Å². The maximum absolute atomic E-state index is 11.9. The van der Waals surface area contributed by atoms with Crippen LogP contribution >= 0.6 is 0 Å². The molecule has 0 unspecified atom stereocenters. The summed E-state index contributed by atoms with van der Waals surface area (Å²) in [6.45, 7) is 1.75. The standard InChI is InChI=1S/C20H21N3O3/c24-19(20(25)23-11-4-5-12-23)22-21-14-17-9-6-10-18(13-17)26-15-16-7-2-1-3-8-16/h1-3,6-10,13-14H,4-5,11-12,15H2,(H,22,24)/b21-14-. The first-order valence-electron chi connectivity index (χ1n) is 8.61. The predicted molar refractivity (Wildman–Crippen MR) is 98.8 cm³/mol. The average molecular weight is 351 g/mol. The third-order valence-electron chi connectivity index (χ3n) is 4.07. The van der Waals surface area contributed by atoms with Crippen LogP contribution in [0, 0.1) is 0 Å². The molecule has 1 aliphatic rings. The fourth-order valence-electron chi connectivity index (χ4n) is 2.70. The topological polar surface area (TPSA) is 71.0 Å². The Balaban J connectivity index is 1.52. The molecule has 26 heavy (non-hydrogen) atoms. The zero-order valence-electron chi connectivity index (χ0n) is 14.4. The molecule has 0 spiro atoms. The van der Waals surface area contributed by atoms with Crippen LogP contribution in [-0.2, 0) is 16.2 Å². The van der Waals surface area contributed by atoms with E-state index < -0.39 is 11.8 Å². The van der Waals surface area contributed by atoms with Crippen molar-refractivity contribution in [1.29, 1.82) is 0 Å². The first-order chi connectivity index (χ1) is 12.7. The summed E-state index contributed by atoms with van der Waals surface area (Å²) in [4.78, 5) is 25.2. The summed E-state index contributed by atoms with van der Waals surface area (Å²) in [5, 5.41) is 3.87. The first kappa shape index (κ1) is 17.7. The highest BCUT2D eigenvalue weighted by atomic mass is 16.5. The summed E-state index contributed by atoms with van der Waals surface area (Å²) in [5.74, 6) is -0.531. The Morgan fingerprint density at radius 3 is 2.62 bits per heavy atom. The minimum Gasteiger partial charge on any atom is -0.489 e. The number of rotatable bonds is 5. The third-order valence-corrected chi connectivity index (χ3v) is 4.07. The largest absolute Gasteiger partial charge is 0.489 e. The van der Waals surface area contributed by atoms with Gasteiger partial charge in [-0.1, -0.05) is 42.5 Å². The molecule has 1 heterocycles. The van der Waals surface area contributed by atoms with E-state index in [2.05, 4.69) is 10.5 Å². The molecule has 1 saturated heterocycles. The minimum atomic E-state index is -0.709. The lowest BCUT2D eigenvalue weighted by molar-refractivity contribution is -0.145. The van der Waals surface area contributed by atoms with Crippen LogP contribution in [0.25, 0.3) is 0 Å². The van der Waals surface area contributed by atoms with Gasteiger partial charge in [0.15, 0.2) is 0 Å². The molecular weight excluding hydrogens is 330 g/mol. The summed E-state index contributed by atoms with van der Waals surface area (Å²) < 4.78 is 5.76. The van der Waals surface area contributed by atoms with Crippen molar-refractivity contribution in [3.05, 3.63) is 65.7 Å². The number of ether oxygens (including phenoxy) is 1. The highest BCUT2D eigenvalue weighted by Crippen LogP contribution is 2.14. The number of carbonyl (C=O) groups is 2. The molecule has 0 aromatic heterocycles. The second kappa shape index (κ2) is 8.80. The predicted octanol–water partition coefficient (Wildman–Crippen LogP) is 2.34. The molecule has 1 fully saturated rings. The number of hydrogen-bond acceptors (Lipinski definition) is 4. The fourth-order valence-corrected chi connectivity index (χ4v) is 2.70. The van der Waals surface area contributed by atoms with E-state index in [1.165, 1.54) is 6.21 Å². The van der Waals surface area contributed by atoms with Gasteiger partial charge in [-0.15, -0.1) is 0 Å². The summed E-state index contributed by atoms with van der Waals surface area (Å²) in [6, 6.07) is 17.3. The quantitative estimate of drug-likeness (QED) is 0.511. The van der Waals surface area contributed by atoms with E-state index in [1.54, 1.807) is 4.90 Å². The second-order valence-corrected chi connectivity index (χ2v) is 6.05. The van der Waals surface area contributed by atoms with Crippen LogP contribution in [-0.4, -0.2) is 36.0 Å². The average Bonchev–Trinajstić information content (AvgIpc) is 3.21. The number of hydrazone groups is 1. The second-order valence-electron chi connectivity index (χ2n) is 6.05. The van der Waals surface area contributed by atoms with Crippen molar-refractivity contribution in [2.24, 2.45) is 5.10 Å². The number of hydrogen-bond donors (Lipinski definition) is 1. The normalized spacial score (nSPS) is 13.8. The van der Waals surface area contributed by atoms with Crippen LogP contribution in [0.2, 0.25) is 0 Å². The molecule has 1 N–H and O–H groups in total. The van der Waals surface area contributed by atoms with Crippen LogP contribution < -0.4 is 10.2 Å². The van der Waals surface area contributed by atoms with E-state index in [-0.39, 0.29) is 0 Å². The highest BCUT2D eigenvalue weighted by molar-refractivity contribution is 6.35. The zero-order chi connectivity index (χ0) is 18.2. The summed E-state index contributed by atoms with van der Waals surface area (Å²) in [5.41, 5.74) is 4.13. The van der Waals surface area contributed by atoms with Gasteiger partial charge < -0.3 is 9.64 Å². The first-order valence-corrected chi connectivity index (χ1v) is 8.61. The van der Waals surface area contributed by atoms with E-state index in [0.717, 1.165) is 24.0 Å². The van der Waals surface area contributed by atoms with Crippen LogP contribution in [0.1, 0.15) is 24.0 Å². The molecule has 0 atom stereocenters. The van der Waals surface area contributed by atoms with Crippen LogP contribution in [0.3, 0.4) is 0 Å². The molecule has 0 saturated carbocycles. The van der Waals surface area contributed by atoms with Crippen LogP contribution in [0.4, 0.5) is 0 Å². The lowest BCUT2D eigenvalue weighted by Crippen LogP contribution is -2.39. The van der Waals surface area contributed by atoms with Crippen molar-refractivity contribution in [2.45, 2.75) is 19.4 Å². The smallest absolute Gasteiger partial charge is 0.329 e. The summed E-state index contributed by atoms with van der Waals surface area (Å²) >= 11 is 0. The molecule has 2 amide bonds. The fraction of sp³-hybridized carbons (Fsp3) is 0.250. The van der Waals surface area contributed by atoms with Crippen molar-refractivity contribution in [3.63, 3.8) is 0 Å². The molecule has 6 nitrogen and oxygen atoms in total. The zero-order valence-corrected chi connectivity index (χ0v) is 14.4. The molecule has 6 heteroatoms. The number of amides is 2. The number of nitrogens with zero attached hydrogens (tertiary/aromatic N) is 2. The van der Waals surface area contributed by atoms with E-state index in [0.29, 0.717) is 25.4 Å². The van der Waals surface area contributed by atoms with Crippen LogP contribution in [0.5, 0.6) is 5.75 Å². The Morgan fingerprint density at radius 1 is 1.08 bits per heavy atom. The number of carbonyl (C=O) groups excluding carboxylic acids is 2. The lowest BCUT2D eigenvalue weighted by Gasteiger charge is -2.12. The van der Waals surface area contributed by atoms with Gasteiger partial charge in [-0.25, -0.2) is 5.43 Å². The Labute approximate surface area is 152 Å². The highest BCUT2D eigenvalue weighted by Gasteiger charge is 2.23. The molecular formula is C20H21N3O3. The molecule has 1 aliphatic heterocycles. The molecule has 2 aromatic carbocycles. The summed E-state index contributed by atoms with van der Waals surface area (Å²) in [7, 11) is 0. The van der Waals surface area contributed by atoms with Crippen molar-refractivity contribution in [3.8, 4) is 5.75 Å². The van der Waals surface area contributed by atoms with Gasteiger partial charge in [0.05, 0.1) is 6.21 Å². The Hall–Kier alpha value is -3.15. The Kier molecular flexibility index (Phi) is 5.98. The van der Waals surface area contributed by atoms with Gasteiger partial charge in [-0.05, 0) is 36.1 Å². The van der Waals surface area contributed by atoms with Crippen molar-refractivity contribution in [2.75, 3.05) is 13.1 Å². The number of likely N-dealkylation sites (tertiary alicyclic amines) is 1. The SMILES string of the molecule is O=C(N/N=C\c1cccc(OCc2ccccc2)c1)C(=O)N1CCCC1. The maximum atomic E-state index is 11.9. The van der Waals surface area contributed by atoms with E-state index in [4.69, 9.17) is 4.74 Å². The lowest BCUT2D eigenvalue weighted by atomic mass is 10.2. The Bertz CT molecular complexity index is 784. The molecule has 3 rings (SSSR count). The van der Waals surface area contributed by atoms with Crippen molar-refractivity contribution < 1.29 is 14.3 Å². The van der Waals surface area contributed by atoms with Gasteiger partial charge in [0.25, 0.3) is 0 Å². The van der Waals surface area contributed by atoms with E-state index >= 15 is 0 Å². The van der Waals surface area contributed by atoms with Gasteiger partial charge in [-0.3, -0.25) is 9.59 Å².